The van der Waals surface area contributed by atoms with Crippen LogP contribution in [0, 0.1) is 6.92 Å². The summed E-state index contributed by atoms with van der Waals surface area (Å²) >= 11 is 0. The molecule has 4 nitrogen and oxygen atoms in total. The standard InChI is InChI=1S/C15H12N2O2/c1-10-5-4-6-11(9-10)16-14(18)15-17-12-7-2-3-8-13(12)19-15/h2-9H,1H3,(H,16,18). The van der Waals surface area contributed by atoms with E-state index in [0.717, 1.165) is 11.3 Å². The molecule has 0 aliphatic rings. The maximum Gasteiger partial charge on any atom is 0.311 e. The lowest BCUT2D eigenvalue weighted by molar-refractivity contribution is 0.0992. The summed E-state index contributed by atoms with van der Waals surface area (Å²) < 4.78 is 5.41. The molecule has 0 aliphatic heterocycles. The Labute approximate surface area is 110 Å². The Morgan fingerprint density at radius 2 is 2.00 bits per heavy atom. The monoisotopic (exact) mass is 252 g/mol. The second-order valence-electron chi connectivity index (χ2n) is 4.31. The fourth-order valence-corrected chi connectivity index (χ4v) is 1.88. The highest BCUT2D eigenvalue weighted by atomic mass is 16.4. The van der Waals surface area contributed by atoms with Gasteiger partial charge in [-0.25, -0.2) is 4.98 Å². The van der Waals surface area contributed by atoms with E-state index in [4.69, 9.17) is 4.42 Å². The molecule has 0 spiro atoms. The number of nitrogens with one attached hydrogen (secondary N) is 1. The van der Waals surface area contributed by atoms with E-state index in [1.54, 1.807) is 6.07 Å². The van der Waals surface area contributed by atoms with Crippen LogP contribution in [-0.2, 0) is 0 Å². The van der Waals surface area contributed by atoms with Gasteiger partial charge in [0.1, 0.15) is 5.52 Å². The number of anilines is 1. The van der Waals surface area contributed by atoms with E-state index in [-0.39, 0.29) is 11.8 Å². The Bertz CT molecular complexity index is 713. The molecular weight excluding hydrogens is 240 g/mol. The predicted octanol–water partition coefficient (Wildman–Crippen LogP) is 3.39. The van der Waals surface area contributed by atoms with Crippen LogP contribution in [0.25, 0.3) is 11.1 Å². The second-order valence-corrected chi connectivity index (χ2v) is 4.31. The van der Waals surface area contributed by atoms with Gasteiger partial charge in [-0.15, -0.1) is 0 Å². The summed E-state index contributed by atoms with van der Waals surface area (Å²) in [6, 6.07) is 14.9. The van der Waals surface area contributed by atoms with Crippen molar-refractivity contribution < 1.29 is 9.21 Å². The molecule has 3 aromatic rings. The third-order valence-corrected chi connectivity index (χ3v) is 2.76. The molecular formula is C15H12N2O2. The number of carbonyl (C=O) groups excluding carboxylic acids is 1. The number of amides is 1. The van der Waals surface area contributed by atoms with Gasteiger partial charge in [-0.3, -0.25) is 4.79 Å². The molecule has 1 amide bonds. The van der Waals surface area contributed by atoms with Gasteiger partial charge in [-0.05, 0) is 36.8 Å². The second kappa shape index (κ2) is 4.57. The van der Waals surface area contributed by atoms with E-state index in [1.165, 1.54) is 0 Å². The van der Waals surface area contributed by atoms with E-state index in [2.05, 4.69) is 10.3 Å². The van der Waals surface area contributed by atoms with Crippen LogP contribution in [0.15, 0.2) is 52.9 Å². The normalized spacial score (nSPS) is 10.6. The van der Waals surface area contributed by atoms with Gasteiger partial charge in [-0.1, -0.05) is 24.3 Å². The number of para-hydroxylation sites is 2. The fourth-order valence-electron chi connectivity index (χ4n) is 1.88. The molecule has 0 bridgehead atoms. The molecule has 2 aromatic carbocycles. The number of aromatic nitrogens is 1. The number of hydrogen-bond donors (Lipinski definition) is 1. The lowest BCUT2D eigenvalue weighted by atomic mass is 10.2. The molecule has 0 atom stereocenters. The molecule has 0 unspecified atom stereocenters. The quantitative estimate of drug-likeness (QED) is 0.760. The largest absolute Gasteiger partial charge is 0.432 e. The lowest BCUT2D eigenvalue weighted by Crippen LogP contribution is -2.12. The minimum atomic E-state index is -0.346. The zero-order chi connectivity index (χ0) is 13.2. The molecule has 94 valence electrons. The number of nitrogens with zero attached hydrogens (tertiary/aromatic N) is 1. The Balaban J connectivity index is 1.87. The number of rotatable bonds is 2. The third-order valence-electron chi connectivity index (χ3n) is 2.76. The molecule has 0 radical (unpaired) electrons. The number of fused-ring (bicyclic) bond motifs is 1. The zero-order valence-electron chi connectivity index (χ0n) is 10.4. The molecule has 19 heavy (non-hydrogen) atoms. The number of oxazole rings is 1. The van der Waals surface area contributed by atoms with Crippen LogP contribution >= 0.6 is 0 Å². The molecule has 4 heteroatoms. The Morgan fingerprint density at radius 1 is 1.16 bits per heavy atom. The number of hydrogen-bond acceptors (Lipinski definition) is 3. The number of benzene rings is 2. The van der Waals surface area contributed by atoms with Crippen molar-refractivity contribution >= 4 is 22.7 Å². The summed E-state index contributed by atoms with van der Waals surface area (Å²) in [7, 11) is 0. The van der Waals surface area contributed by atoms with Gasteiger partial charge >= 0.3 is 5.91 Å². The first-order chi connectivity index (χ1) is 9.22. The van der Waals surface area contributed by atoms with Crippen LogP contribution in [0.5, 0.6) is 0 Å². The lowest BCUT2D eigenvalue weighted by Gasteiger charge is -2.02. The van der Waals surface area contributed by atoms with E-state index in [1.807, 2.05) is 49.4 Å². The van der Waals surface area contributed by atoms with Crippen molar-refractivity contribution in [2.24, 2.45) is 0 Å². The Hall–Kier alpha value is -2.62. The van der Waals surface area contributed by atoms with Gasteiger partial charge in [0.15, 0.2) is 5.58 Å². The van der Waals surface area contributed by atoms with Crippen molar-refractivity contribution in [2.45, 2.75) is 6.92 Å². The van der Waals surface area contributed by atoms with Crippen molar-refractivity contribution in [2.75, 3.05) is 5.32 Å². The van der Waals surface area contributed by atoms with E-state index >= 15 is 0 Å². The van der Waals surface area contributed by atoms with Gasteiger partial charge in [0.05, 0.1) is 0 Å². The summed E-state index contributed by atoms with van der Waals surface area (Å²) in [6.45, 7) is 1.97. The predicted molar refractivity (Wildman–Crippen MR) is 73.1 cm³/mol. The zero-order valence-corrected chi connectivity index (χ0v) is 10.4. The maximum atomic E-state index is 12.0. The van der Waals surface area contributed by atoms with Crippen molar-refractivity contribution in [1.29, 1.82) is 0 Å². The Kier molecular flexibility index (Phi) is 2.76. The topological polar surface area (TPSA) is 55.1 Å². The van der Waals surface area contributed by atoms with Gasteiger partial charge in [0.2, 0.25) is 0 Å². The summed E-state index contributed by atoms with van der Waals surface area (Å²) in [5.74, 6) is -0.274. The SMILES string of the molecule is Cc1cccc(NC(=O)c2nc3ccccc3o2)c1. The summed E-state index contributed by atoms with van der Waals surface area (Å²) in [5.41, 5.74) is 3.09. The average molecular weight is 252 g/mol. The van der Waals surface area contributed by atoms with Crippen molar-refractivity contribution in [3.63, 3.8) is 0 Å². The van der Waals surface area contributed by atoms with E-state index in [9.17, 15) is 4.79 Å². The van der Waals surface area contributed by atoms with Crippen LogP contribution < -0.4 is 5.32 Å². The van der Waals surface area contributed by atoms with Gasteiger partial charge < -0.3 is 9.73 Å². The smallest absolute Gasteiger partial charge is 0.311 e. The Morgan fingerprint density at radius 3 is 2.79 bits per heavy atom. The molecule has 0 fully saturated rings. The van der Waals surface area contributed by atoms with Crippen LogP contribution in [0.4, 0.5) is 5.69 Å². The van der Waals surface area contributed by atoms with Gasteiger partial charge in [0, 0.05) is 5.69 Å². The van der Waals surface area contributed by atoms with E-state index < -0.39 is 0 Å². The van der Waals surface area contributed by atoms with Crippen LogP contribution in [0.1, 0.15) is 16.2 Å². The minimum absolute atomic E-state index is 0.0720. The van der Waals surface area contributed by atoms with Crippen LogP contribution in [-0.4, -0.2) is 10.9 Å². The first-order valence-corrected chi connectivity index (χ1v) is 5.96. The number of aryl methyl sites for hydroxylation is 1. The highest BCUT2D eigenvalue weighted by Gasteiger charge is 2.14. The first kappa shape index (κ1) is 11.5. The average Bonchev–Trinajstić information content (AvgIpc) is 2.82. The molecule has 0 aliphatic carbocycles. The third kappa shape index (κ3) is 2.33. The maximum absolute atomic E-state index is 12.0. The van der Waals surface area contributed by atoms with Crippen LogP contribution in [0.3, 0.4) is 0 Å². The first-order valence-electron chi connectivity index (χ1n) is 5.96. The van der Waals surface area contributed by atoms with E-state index in [0.29, 0.717) is 11.1 Å². The summed E-state index contributed by atoms with van der Waals surface area (Å²) in [4.78, 5) is 16.2. The summed E-state index contributed by atoms with van der Waals surface area (Å²) in [6.07, 6.45) is 0. The highest BCUT2D eigenvalue weighted by Crippen LogP contribution is 2.16. The van der Waals surface area contributed by atoms with Crippen molar-refractivity contribution in [3.05, 3.63) is 60.0 Å². The van der Waals surface area contributed by atoms with Gasteiger partial charge in [-0.2, -0.15) is 0 Å². The molecule has 0 saturated heterocycles. The van der Waals surface area contributed by atoms with Crippen LogP contribution in [0.2, 0.25) is 0 Å². The number of carbonyl (C=O) groups is 1. The van der Waals surface area contributed by atoms with Gasteiger partial charge in [0.25, 0.3) is 5.89 Å². The molecule has 1 aromatic heterocycles. The molecule has 0 saturated carbocycles. The fraction of sp³-hybridized carbons (Fsp3) is 0.0667. The highest BCUT2D eigenvalue weighted by molar-refractivity contribution is 6.02. The van der Waals surface area contributed by atoms with Crippen molar-refractivity contribution in [1.82, 2.24) is 4.98 Å². The molecule has 3 rings (SSSR count). The van der Waals surface area contributed by atoms with Crippen molar-refractivity contribution in [3.8, 4) is 0 Å². The summed E-state index contributed by atoms with van der Waals surface area (Å²) in [5, 5.41) is 2.76. The molecule has 1 heterocycles. The molecule has 1 N–H and O–H groups in total. The minimum Gasteiger partial charge on any atom is -0.432 e.